The number of rotatable bonds is 6. The monoisotopic (exact) mass is 416 g/mol. The standard InChI is InChI=1S/C23H29ClN2O3/c1-16-17(2)22(29-15-14-27)9-8-21(16)18(3)25-10-12-26(13-11-25)23(28)19-4-6-20(24)7-5-19/h4-9,18,27H,10-15H2,1-3H3. The summed E-state index contributed by atoms with van der Waals surface area (Å²) in [5.41, 5.74) is 4.28. The van der Waals surface area contributed by atoms with Crippen LogP contribution in [0.25, 0.3) is 0 Å². The second-order valence-corrected chi connectivity index (χ2v) is 7.92. The van der Waals surface area contributed by atoms with E-state index in [2.05, 4.69) is 31.7 Å². The summed E-state index contributed by atoms with van der Waals surface area (Å²) in [6, 6.07) is 11.4. The number of piperazine rings is 1. The molecule has 1 saturated heterocycles. The van der Waals surface area contributed by atoms with Gasteiger partial charge in [0.1, 0.15) is 12.4 Å². The summed E-state index contributed by atoms with van der Waals surface area (Å²) in [4.78, 5) is 17.0. The van der Waals surface area contributed by atoms with Crippen LogP contribution in [0.5, 0.6) is 5.75 Å². The molecule has 0 aliphatic carbocycles. The van der Waals surface area contributed by atoms with E-state index in [1.807, 2.05) is 11.0 Å². The van der Waals surface area contributed by atoms with Crippen molar-refractivity contribution in [2.75, 3.05) is 39.4 Å². The molecule has 0 saturated carbocycles. The first kappa shape index (κ1) is 21.6. The van der Waals surface area contributed by atoms with E-state index in [-0.39, 0.29) is 18.6 Å². The van der Waals surface area contributed by atoms with Crippen LogP contribution in [-0.4, -0.2) is 60.2 Å². The van der Waals surface area contributed by atoms with Crippen molar-refractivity contribution in [2.24, 2.45) is 0 Å². The molecule has 6 heteroatoms. The van der Waals surface area contributed by atoms with Crippen molar-refractivity contribution in [1.29, 1.82) is 0 Å². The minimum Gasteiger partial charge on any atom is -0.491 e. The molecule has 1 unspecified atom stereocenters. The number of carbonyl (C=O) groups excluding carboxylic acids is 1. The number of ether oxygens (including phenoxy) is 1. The van der Waals surface area contributed by atoms with Crippen molar-refractivity contribution in [3.8, 4) is 5.75 Å². The first-order chi connectivity index (χ1) is 13.9. The van der Waals surface area contributed by atoms with Crippen LogP contribution in [0.2, 0.25) is 5.02 Å². The van der Waals surface area contributed by atoms with Gasteiger partial charge in [0.15, 0.2) is 0 Å². The number of hydrogen-bond donors (Lipinski definition) is 1. The van der Waals surface area contributed by atoms with Gasteiger partial charge in [-0.25, -0.2) is 0 Å². The van der Waals surface area contributed by atoms with Gasteiger partial charge in [-0.2, -0.15) is 0 Å². The van der Waals surface area contributed by atoms with Gasteiger partial charge in [0.2, 0.25) is 0 Å². The molecule has 1 fully saturated rings. The lowest BCUT2D eigenvalue weighted by Crippen LogP contribution is -2.49. The summed E-state index contributed by atoms with van der Waals surface area (Å²) in [5.74, 6) is 0.886. The number of benzene rings is 2. The highest BCUT2D eigenvalue weighted by atomic mass is 35.5. The maximum Gasteiger partial charge on any atom is 0.253 e. The van der Waals surface area contributed by atoms with Crippen LogP contribution in [0, 0.1) is 13.8 Å². The van der Waals surface area contributed by atoms with Crippen molar-refractivity contribution in [3.63, 3.8) is 0 Å². The second-order valence-electron chi connectivity index (χ2n) is 7.49. The number of aliphatic hydroxyl groups excluding tert-OH is 1. The zero-order valence-corrected chi connectivity index (χ0v) is 18.1. The molecule has 1 N–H and O–H groups in total. The fraction of sp³-hybridized carbons (Fsp3) is 0.435. The number of amides is 1. The topological polar surface area (TPSA) is 53.0 Å². The molecular weight excluding hydrogens is 388 g/mol. The van der Waals surface area contributed by atoms with Gasteiger partial charge >= 0.3 is 0 Å². The average molecular weight is 417 g/mol. The number of hydrogen-bond acceptors (Lipinski definition) is 4. The Morgan fingerprint density at radius 3 is 2.34 bits per heavy atom. The normalized spacial score (nSPS) is 16.0. The van der Waals surface area contributed by atoms with Crippen LogP contribution >= 0.6 is 11.6 Å². The molecular formula is C23H29ClN2O3. The lowest BCUT2D eigenvalue weighted by molar-refractivity contribution is 0.0581. The Labute approximate surface area is 177 Å². The van der Waals surface area contributed by atoms with Crippen LogP contribution in [0.15, 0.2) is 36.4 Å². The van der Waals surface area contributed by atoms with E-state index in [4.69, 9.17) is 21.4 Å². The number of nitrogens with zero attached hydrogens (tertiary/aromatic N) is 2. The lowest BCUT2D eigenvalue weighted by Gasteiger charge is -2.39. The smallest absolute Gasteiger partial charge is 0.253 e. The minimum atomic E-state index is 0.00958. The van der Waals surface area contributed by atoms with Crippen molar-refractivity contribution < 1.29 is 14.6 Å². The minimum absolute atomic E-state index is 0.00958. The summed E-state index contributed by atoms with van der Waals surface area (Å²) in [6.45, 7) is 9.79. The Bertz CT molecular complexity index is 846. The molecule has 0 spiro atoms. The van der Waals surface area contributed by atoms with Crippen LogP contribution in [-0.2, 0) is 0 Å². The Morgan fingerprint density at radius 1 is 1.07 bits per heavy atom. The fourth-order valence-electron chi connectivity index (χ4n) is 3.87. The van der Waals surface area contributed by atoms with E-state index >= 15 is 0 Å². The van der Waals surface area contributed by atoms with Gasteiger partial charge in [-0.15, -0.1) is 0 Å². The largest absolute Gasteiger partial charge is 0.491 e. The maximum atomic E-state index is 12.7. The van der Waals surface area contributed by atoms with Crippen LogP contribution in [0.3, 0.4) is 0 Å². The summed E-state index contributed by atoms with van der Waals surface area (Å²) < 4.78 is 5.62. The molecule has 2 aromatic carbocycles. The molecule has 5 nitrogen and oxygen atoms in total. The average Bonchev–Trinajstić information content (AvgIpc) is 2.74. The number of halogens is 1. The molecule has 29 heavy (non-hydrogen) atoms. The molecule has 1 amide bonds. The molecule has 3 rings (SSSR count). The van der Waals surface area contributed by atoms with E-state index in [0.29, 0.717) is 30.3 Å². The van der Waals surface area contributed by atoms with Crippen molar-refractivity contribution in [1.82, 2.24) is 9.80 Å². The molecule has 2 aromatic rings. The first-order valence-corrected chi connectivity index (χ1v) is 10.4. The van der Waals surface area contributed by atoms with E-state index in [1.165, 1.54) is 11.1 Å². The zero-order valence-electron chi connectivity index (χ0n) is 17.3. The Morgan fingerprint density at radius 2 is 1.72 bits per heavy atom. The van der Waals surface area contributed by atoms with E-state index in [9.17, 15) is 4.79 Å². The summed E-state index contributed by atoms with van der Waals surface area (Å²) >= 11 is 5.92. The maximum absolute atomic E-state index is 12.7. The van der Waals surface area contributed by atoms with Crippen molar-refractivity contribution in [2.45, 2.75) is 26.8 Å². The molecule has 0 aromatic heterocycles. The van der Waals surface area contributed by atoms with E-state index < -0.39 is 0 Å². The third-order valence-corrected chi connectivity index (χ3v) is 6.07. The van der Waals surface area contributed by atoms with Crippen LogP contribution in [0.1, 0.15) is 40.0 Å². The number of aliphatic hydroxyl groups is 1. The molecule has 0 radical (unpaired) electrons. The highest BCUT2D eigenvalue weighted by Gasteiger charge is 2.26. The van der Waals surface area contributed by atoms with Gasteiger partial charge in [0.25, 0.3) is 5.91 Å². The summed E-state index contributed by atoms with van der Waals surface area (Å²) in [5, 5.41) is 9.62. The second kappa shape index (κ2) is 9.61. The zero-order chi connectivity index (χ0) is 21.0. The predicted octanol–water partition coefficient (Wildman–Crippen LogP) is 3.85. The quantitative estimate of drug-likeness (QED) is 0.777. The summed E-state index contributed by atoms with van der Waals surface area (Å²) in [6.07, 6.45) is 0. The first-order valence-electron chi connectivity index (χ1n) is 10.0. The van der Waals surface area contributed by atoms with Crippen molar-refractivity contribution in [3.05, 3.63) is 63.7 Å². The van der Waals surface area contributed by atoms with Gasteiger partial charge in [0, 0.05) is 42.8 Å². The highest BCUT2D eigenvalue weighted by Crippen LogP contribution is 2.31. The van der Waals surface area contributed by atoms with Gasteiger partial charge < -0.3 is 14.7 Å². The third kappa shape index (κ3) is 4.92. The van der Waals surface area contributed by atoms with Gasteiger partial charge in [-0.1, -0.05) is 17.7 Å². The van der Waals surface area contributed by atoms with Crippen molar-refractivity contribution >= 4 is 17.5 Å². The highest BCUT2D eigenvalue weighted by molar-refractivity contribution is 6.30. The summed E-state index contributed by atoms with van der Waals surface area (Å²) in [7, 11) is 0. The van der Waals surface area contributed by atoms with Gasteiger partial charge in [-0.3, -0.25) is 9.69 Å². The van der Waals surface area contributed by atoms with Crippen LogP contribution in [0.4, 0.5) is 0 Å². The molecule has 1 aliphatic heterocycles. The SMILES string of the molecule is Cc1c(OCCO)ccc(C(C)N2CCN(C(=O)c3ccc(Cl)cc3)CC2)c1C. The molecule has 1 atom stereocenters. The Hall–Kier alpha value is -2.08. The molecule has 1 heterocycles. The van der Waals surface area contributed by atoms with Crippen LogP contribution < -0.4 is 4.74 Å². The van der Waals surface area contributed by atoms with E-state index in [1.54, 1.807) is 24.3 Å². The fourth-order valence-corrected chi connectivity index (χ4v) is 3.99. The van der Waals surface area contributed by atoms with E-state index in [0.717, 1.165) is 24.4 Å². The third-order valence-electron chi connectivity index (χ3n) is 5.82. The Kier molecular flexibility index (Phi) is 7.17. The molecule has 0 bridgehead atoms. The van der Waals surface area contributed by atoms with Gasteiger partial charge in [0.05, 0.1) is 6.61 Å². The predicted molar refractivity (Wildman–Crippen MR) is 116 cm³/mol. The molecule has 1 aliphatic rings. The van der Waals surface area contributed by atoms with Gasteiger partial charge in [-0.05, 0) is 67.8 Å². The Balaban J connectivity index is 1.64. The lowest BCUT2D eigenvalue weighted by atomic mass is 9.96. The molecule has 156 valence electrons. The number of carbonyl (C=O) groups is 1.